The predicted octanol–water partition coefficient (Wildman–Crippen LogP) is 0.505. The summed E-state index contributed by atoms with van der Waals surface area (Å²) < 4.78 is 0. The van der Waals surface area contributed by atoms with Gasteiger partial charge < -0.3 is 21.3 Å². The second-order valence-electron chi connectivity index (χ2n) is 6.18. The molecule has 0 aliphatic carbocycles. The number of likely N-dealkylation sites (N-methyl/N-ethyl adjacent to an activating group) is 1. The highest BCUT2D eigenvalue weighted by molar-refractivity contribution is 5.87. The van der Waals surface area contributed by atoms with Gasteiger partial charge in [-0.05, 0) is 25.6 Å². The van der Waals surface area contributed by atoms with E-state index in [1.54, 1.807) is 0 Å². The van der Waals surface area contributed by atoms with Crippen LogP contribution in [-0.2, 0) is 9.59 Å². The fourth-order valence-electron chi connectivity index (χ4n) is 2.13. The molecule has 1 aromatic carbocycles. The van der Waals surface area contributed by atoms with Crippen molar-refractivity contribution < 1.29 is 9.59 Å². The van der Waals surface area contributed by atoms with Crippen molar-refractivity contribution in [3.05, 3.63) is 35.9 Å². The Morgan fingerprint density at radius 2 is 1.74 bits per heavy atom. The standard InChI is InChI=1S/C17H28N4O2/c1-12(2)16(18)17(23)20-11-15(22)19-10-14(21(3)4)13-8-6-5-7-9-13/h5-9,12,14,16H,10-11,18H2,1-4H3,(H,19,22)(H,20,23)/t14?,16-/m0/s1. The molecule has 6 heteroatoms. The van der Waals surface area contributed by atoms with E-state index in [2.05, 4.69) is 10.6 Å². The van der Waals surface area contributed by atoms with Crippen molar-refractivity contribution in [1.82, 2.24) is 15.5 Å². The second-order valence-corrected chi connectivity index (χ2v) is 6.18. The molecule has 1 unspecified atom stereocenters. The van der Waals surface area contributed by atoms with E-state index in [-0.39, 0.29) is 30.3 Å². The zero-order valence-corrected chi connectivity index (χ0v) is 14.4. The second kappa shape index (κ2) is 9.27. The van der Waals surface area contributed by atoms with Crippen molar-refractivity contribution in [3.8, 4) is 0 Å². The maximum Gasteiger partial charge on any atom is 0.239 e. The summed E-state index contributed by atoms with van der Waals surface area (Å²) in [6.45, 7) is 4.15. The molecule has 2 atom stereocenters. The fourth-order valence-corrected chi connectivity index (χ4v) is 2.13. The highest BCUT2D eigenvalue weighted by atomic mass is 16.2. The van der Waals surface area contributed by atoms with Gasteiger partial charge in [0.05, 0.1) is 18.6 Å². The molecule has 0 spiro atoms. The Bertz CT molecular complexity index is 503. The highest BCUT2D eigenvalue weighted by Crippen LogP contribution is 2.16. The van der Waals surface area contributed by atoms with E-state index in [0.717, 1.165) is 5.56 Å². The third kappa shape index (κ3) is 6.38. The molecule has 0 bridgehead atoms. The number of benzene rings is 1. The Morgan fingerprint density at radius 3 is 2.26 bits per heavy atom. The largest absolute Gasteiger partial charge is 0.353 e. The van der Waals surface area contributed by atoms with Crippen LogP contribution in [0.4, 0.5) is 0 Å². The molecule has 23 heavy (non-hydrogen) atoms. The molecule has 6 nitrogen and oxygen atoms in total. The zero-order chi connectivity index (χ0) is 17.4. The van der Waals surface area contributed by atoms with Gasteiger partial charge >= 0.3 is 0 Å². The summed E-state index contributed by atoms with van der Waals surface area (Å²) >= 11 is 0. The molecule has 0 saturated heterocycles. The van der Waals surface area contributed by atoms with Gasteiger partial charge in [0.1, 0.15) is 0 Å². The molecule has 4 N–H and O–H groups in total. The summed E-state index contributed by atoms with van der Waals surface area (Å²) in [5, 5.41) is 5.42. The van der Waals surface area contributed by atoms with Crippen LogP contribution in [0.5, 0.6) is 0 Å². The van der Waals surface area contributed by atoms with Crippen molar-refractivity contribution in [1.29, 1.82) is 0 Å². The lowest BCUT2D eigenvalue weighted by Crippen LogP contribution is -2.47. The number of nitrogens with two attached hydrogens (primary N) is 1. The van der Waals surface area contributed by atoms with Crippen LogP contribution in [0.1, 0.15) is 25.5 Å². The maximum absolute atomic E-state index is 11.9. The van der Waals surface area contributed by atoms with E-state index in [9.17, 15) is 9.59 Å². The van der Waals surface area contributed by atoms with Crippen LogP contribution < -0.4 is 16.4 Å². The minimum absolute atomic E-state index is 0.0364. The molecule has 128 valence electrons. The fraction of sp³-hybridized carbons (Fsp3) is 0.529. The molecule has 0 aromatic heterocycles. The zero-order valence-electron chi connectivity index (χ0n) is 14.4. The number of amides is 2. The van der Waals surface area contributed by atoms with Crippen LogP contribution in [0.2, 0.25) is 0 Å². The number of hydrogen-bond acceptors (Lipinski definition) is 4. The van der Waals surface area contributed by atoms with Crippen molar-refractivity contribution in [3.63, 3.8) is 0 Å². The van der Waals surface area contributed by atoms with Crippen LogP contribution in [0, 0.1) is 5.92 Å². The van der Waals surface area contributed by atoms with E-state index in [0.29, 0.717) is 6.54 Å². The molecular formula is C17H28N4O2. The van der Waals surface area contributed by atoms with Crippen LogP contribution in [0.25, 0.3) is 0 Å². The summed E-state index contributed by atoms with van der Waals surface area (Å²) in [4.78, 5) is 25.7. The number of carbonyl (C=O) groups excluding carboxylic acids is 2. The monoisotopic (exact) mass is 320 g/mol. The van der Waals surface area contributed by atoms with Gasteiger partial charge in [0.25, 0.3) is 0 Å². The first-order valence-corrected chi connectivity index (χ1v) is 7.84. The van der Waals surface area contributed by atoms with Crippen LogP contribution in [-0.4, -0.2) is 49.9 Å². The number of nitrogens with zero attached hydrogens (tertiary/aromatic N) is 1. The highest BCUT2D eigenvalue weighted by Gasteiger charge is 2.18. The molecule has 0 fully saturated rings. The van der Waals surface area contributed by atoms with E-state index in [1.807, 2.05) is 63.2 Å². The molecule has 0 heterocycles. The lowest BCUT2D eigenvalue weighted by molar-refractivity contribution is -0.127. The lowest BCUT2D eigenvalue weighted by Gasteiger charge is -2.25. The van der Waals surface area contributed by atoms with Gasteiger partial charge in [0.2, 0.25) is 11.8 Å². The molecular weight excluding hydrogens is 292 g/mol. The van der Waals surface area contributed by atoms with Gasteiger partial charge in [-0.3, -0.25) is 9.59 Å². The van der Waals surface area contributed by atoms with Gasteiger partial charge in [0, 0.05) is 6.54 Å². The number of carbonyl (C=O) groups is 2. The third-order valence-electron chi connectivity index (χ3n) is 3.74. The minimum Gasteiger partial charge on any atom is -0.353 e. The van der Waals surface area contributed by atoms with Gasteiger partial charge in [-0.1, -0.05) is 44.2 Å². The quantitative estimate of drug-likeness (QED) is 0.651. The van der Waals surface area contributed by atoms with Gasteiger partial charge in [-0.15, -0.1) is 0 Å². The van der Waals surface area contributed by atoms with Crippen molar-refractivity contribution in [2.24, 2.45) is 11.7 Å². The Kier molecular flexibility index (Phi) is 7.71. The van der Waals surface area contributed by atoms with Gasteiger partial charge in [-0.2, -0.15) is 0 Å². The van der Waals surface area contributed by atoms with Crippen LogP contribution in [0.3, 0.4) is 0 Å². The van der Waals surface area contributed by atoms with E-state index in [4.69, 9.17) is 5.73 Å². The Hall–Kier alpha value is -1.92. The predicted molar refractivity (Wildman–Crippen MR) is 91.7 cm³/mol. The Labute approximate surface area is 138 Å². The number of hydrogen-bond donors (Lipinski definition) is 3. The van der Waals surface area contributed by atoms with Gasteiger partial charge in [-0.25, -0.2) is 0 Å². The molecule has 0 saturated carbocycles. The SMILES string of the molecule is CC(C)[C@H](N)C(=O)NCC(=O)NCC(c1ccccc1)N(C)C. The number of nitrogens with one attached hydrogen (secondary N) is 2. The summed E-state index contributed by atoms with van der Waals surface area (Å²) in [6, 6.07) is 9.45. The van der Waals surface area contributed by atoms with Crippen molar-refractivity contribution >= 4 is 11.8 Å². The Morgan fingerprint density at radius 1 is 1.13 bits per heavy atom. The van der Waals surface area contributed by atoms with Crippen molar-refractivity contribution in [2.75, 3.05) is 27.2 Å². The molecule has 2 amide bonds. The molecule has 1 aromatic rings. The first kappa shape index (κ1) is 19.1. The summed E-state index contributed by atoms with van der Waals surface area (Å²) in [5.41, 5.74) is 6.86. The van der Waals surface area contributed by atoms with Crippen LogP contribution >= 0.6 is 0 Å². The maximum atomic E-state index is 11.9. The minimum atomic E-state index is -0.596. The first-order valence-electron chi connectivity index (χ1n) is 7.84. The molecule has 0 aliphatic rings. The topological polar surface area (TPSA) is 87.5 Å². The van der Waals surface area contributed by atoms with E-state index < -0.39 is 6.04 Å². The van der Waals surface area contributed by atoms with E-state index >= 15 is 0 Å². The molecule has 0 radical (unpaired) electrons. The summed E-state index contributed by atoms with van der Waals surface area (Å²) in [5.74, 6) is -0.492. The first-order chi connectivity index (χ1) is 10.8. The molecule has 1 rings (SSSR count). The van der Waals surface area contributed by atoms with E-state index in [1.165, 1.54) is 0 Å². The average Bonchev–Trinajstić information content (AvgIpc) is 2.52. The van der Waals surface area contributed by atoms with Crippen LogP contribution in [0.15, 0.2) is 30.3 Å². The summed E-state index contributed by atoms with van der Waals surface area (Å²) in [7, 11) is 3.93. The number of rotatable bonds is 8. The van der Waals surface area contributed by atoms with Crippen molar-refractivity contribution in [2.45, 2.75) is 25.9 Å². The Balaban J connectivity index is 2.46. The normalized spacial score (nSPS) is 13.7. The molecule has 0 aliphatic heterocycles. The average molecular weight is 320 g/mol. The van der Waals surface area contributed by atoms with Gasteiger partial charge in [0.15, 0.2) is 0 Å². The smallest absolute Gasteiger partial charge is 0.239 e. The third-order valence-corrected chi connectivity index (χ3v) is 3.74. The lowest BCUT2D eigenvalue weighted by atomic mass is 10.1. The summed E-state index contributed by atoms with van der Waals surface area (Å²) in [6.07, 6.45) is 0.